The summed E-state index contributed by atoms with van der Waals surface area (Å²) < 4.78 is 1.85. The van der Waals surface area contributed by atoms with E-state index in [2.05, 4.69) is 46.8 Å². The summed E-state index contributed by atoms with van der Waals surface area (Å²) in [6.07, 6.45) is 3.11. The third kappa shape index (κ3) is 3.21. The summed E-state index contributed by atoms with van der Waals surface area (Å²) in [5.41, 5.74) is 2.55. The third-order valence-electron chi connectivity index (χ3n) is 2.60. The molecular weight excluding hydrogens is 198 g/mol. The van der Waals surface area contributed by atoms with E-state index in [1.54, 1.807) is 0 Å². The first-order valence-electron chi connectivity index (χ1n) is 5.69. The molecule has 0 bridgehead atoms. The van der Waals surface area contributed by atoms with Crippen molar-refractivity contribution in [3.05, 3.63) is 53.9 Å². The van der Waals surface area contributed by atoms with Gasteiger partial charge in [-0.25, -0.2) is 0 Å². The first-order valence-corrected chi connectivity index (χ1v) is 5.69. The van der Waals surface area contributed by atoms with Crippen molar-refractivity contribution in [1.82, 2.24) is 9.78 Å². The van der Waals surface area contributed by atoms with Crippen LogP contribution in [0.3, 0.4) is 0 Å². The molecule has 2 aromatic rings. The van der Waals surface area contributed by atoms with Crippen LogP contribution in [0, 0.1) is 0 Å². The SMILES string of the molecule is Cn1ccc(C[NH2+]CCc2ccccc2)n1. The standard InChI is InChI=1S/C13H17N3/c1-16-10-8-13(15-16)11-14-9-7-12-5-3-2-4-6-12/h2-6,8,10,14H,7,9,11H2,1H3/p+1. The number of aryl methyl sites for hydroxylation is 1. The quantitative estimate of drug-likeness (QED) is 0.735. The summed E-state index contributed by atoms with van der Waals surface area (Å²) in [5, 5.41) is 6.64. The zero-order valence-electron chi connectivity index (χ0n) is 9.63. The van der Waals surface area contributed by atoms with Crippen LogP contribution in [0.1, 0.15) is 11.3 Å². The first kappa shape index (κ1) is 10.9. The molecule has 0 aliphatic carbocycles. The number of quaternary nitrogens is 1. The molecule has 0 radical (unpaired) electrons. The highest BCUT2D eigenvalue weighted by atomic mass is 15.3. The summed E-state index contributed by atoms with van der Waals surface area (Å²) in [4.78, 5) is 0. The van der Waals surface area contributed by atoms with Gasteiger partial charge in [0, 0.05) is 19.7 Å². The van der Waals surface area contributed by atoms with Crippen LogP contribution in [0.15, 0.2) is 42.6 Å². The van der Waals surface area contributed by atoms with Gasteiger partial charge >= 0.3 is 0 Å². The van der Waals surface area contributed by atoms with Gasteiger partial charge in [0.2, 0.25) is 0 Å². The van der Waals surface area contributed by atoms with Crippen LogP contribution >= 0.6 is 0 Å². The van der Waals surface area contributed by atoms with E-state index in [0.717, 1.165) is 25.2 Å². The zero-order valence-corrected chi connectivity index (χ0v) is 9.63. The minimum Gasteiger partial charge on any atom is -0.341 e. The second-order valence-corrected chi connectivity index (χ2v) is 4.00. The smallest absolute Gasteiger partial charge is 0.120 e. The molecule has 1 aromatic heterocycles. The molecular formula is C13H18N3+. The normalized spacial score (nSPS) is 10.6. The lowest BCUT2D eigenvalue weighted by molar-refractivity contribution is -0.670. The van der Waals surface area contributed by atoms with Gasteiger partial charge in [-0.2, -0.15) is 5.10 Å². The Hall–Kier alpha value is -1.61. The molecule has 3 nitrogen and oxygen atoms in total. The lowest BCUT2D eigenvalue weighted by Gasteiger charge is -2.00. The van der Waals surface area contributed by atoms with E-state index in [9.17, 15) is 0 Å². The average molecular weight is 216 g/mol. The Morgan fingerprint density at radius 1 is 1.19 bits per heavy atom. The molecule has 0 aliphatic heterocycles. The van der Waals surface area contributed by atoms with Gasteiger partial charge in [0.05, 0.1) is 6.54 Å². The lowest BCUT2D eigenvalue weighted by Crippen LogP contribution is -2.83. The monoisotopic (exact) mass is 216 g/mol. The van der Waals surface area contributed by atoms with Crippen molar-refractivity contribution < 1.29 is 5.32 Å². The average Bonchev–Trinajstić information content (AvgIpc) is 2.72. The van der Waals surface area contributed by atoms with Gasteiger partial charge < -0.3 is 5.32 Å². The predicted octanol–water partition coefficient (Wildman–Crippen LogP) is 0.726. The first-order chi connectivity index (χ1) is 7.84. The fraction of sp³-hybridized carbons (Fsp3) is 0.308. The highest BCUT2D eigenvalue weighted by molar-refractivity contribution is 5.14. The minimum atomic E-state index is 0.966. The van der Waals surface area contributed by atoms with Gasteiger partial charge in [-0.15, -0.1) is 0 Å². The van der Waals surface area contributed by atoms with Crippen LogP contribution in [0.2, 0.25) is 0 Å². The van der Waals surface area contributed by atoms with Gasteiger partial charge in [-0.05, 0) is 11.6 Å². The number of aromatic nitrogens is 2. The van der Waals surface area contributed by atoms with E-state index in [1.165, 1.54) is 5.56 Å². The third-order valence-corrected chi connectivity index (χ3v) is 2.60. The van der Waals surface area contributed by atoms with Crippen LogP contribution in [-0.2, 0) is 20.0 Å². The van der Waals surface area contributed by atoms with Crippen molar-refractivity contribution in [2.45, 2.75) is 13.0 Å². The number of hydrogen-bond acceptors (Lipinski definition) is 1. The molecule has 16 heavy (non-hydrogen) atoms. The number of nitrogens with two attached hydrogens (primary N) is 1. The van der Waals surface area contributed by atoms with Crippen LogP contribution in [0.5, 0.6) is 0 Å². The van der Waals surface area contributed by atoms with E-state index >= 15 is 0 Å². The van der Waals surface area contributed by atoms with Gasteiger partial charge in [0.25, 0.3) is 0 Å². The number of rotatable bonds is 5. The molecule has 1 heterocycles. The highest BCUT2D eigenvalue weighted by Crippen LogP contribution is 1.97. The van der Waals surface area contributed by atoms with E-state index in [0.29, 0.717) is 0 Å². The molecule has 0 amide bonds. The van der Waals surface area contributed by atoms with Crippen molar-refractivity contribution in [1.29, 1.82) is 0 Å². The molecule has 1 aromatic carbocycles. The van der Waals surface area contributed by atoms with Gasteiger partial charge in [-0.3, -0.25) is 4.68 Å². The predicted molar refractivity (Wildman–Crippen MR) is 63.9 cm³/mol. The molecule has 0 fully saturated rings. The zero-order chi connectivity index (χ0) is 11.2. The maximum Gasteiger partial charge on any atom is 0.120 e. The van der Waals surface area contributed by atoms with Gasteiger partial charge in [0.15, 0.2) is 0 Å². The number of benzene rings is 1. The van der Waals surface area contributed by atoms with Gasteiger partial charge in [-0.1, -0.05) is 30.3 Å². The van der Waals surface area contributed by atoms with E-state index < -0.39 is 0 Å². The fourth-order valence-electron chi connectivity index (χ4n) is 1.74. The molecule has 3 heteroatoms. The molecule has 84 valence electrons. The molecule has 0 aliphatic rings. The Balaban J connectivity index is 1.69. The van der Waals surface area contributed by atoms with E-state index in [-0.39, 0.29) is 0 Å². The van der Waals surface area contributed by atoms with E-state index in [4.69, 9.17) is 0 Å². The molecule has 0 atom stereocenters. The molecule has 2 N–H and O–H groups in total. The Morgan fingerprint density at radius 3 is 2.69 bits per heavy atom. The largest absolute Gasteiger partial charge is 0.341 e. The van der Waals surface area contributed by atoms with Crippen LogP contribution in [0.4, 0.5) is 0 Å². The topological polar surface area (TPSA) is 34.4 Å². The van der Waals surface area contributed by atoms with Crippen molar-refractivity contribution in [2.75, 3.05) is 6.54 Å². The highest BCUT2D eigenvalue weighted by Gasteiger charge is 1.99. The number of nitrogens with zero attached hydrogens (tertiary/aromatic N) is 2. The summed E-state index contributed by atoms with van der Waals surface area (Å²) in [7, 11) is 1.95. The van der Waals surface area contributed by atoms with Crippen molar-refractivity contribution in [3.8, 4) is 0 Å². The van der Waals surface area contributed by atoms with Crippen molar-refractivity contribution in [2.24, 2.45) is 7.05 Å². The Morgan fingerprint density at radius 2 is 2.00 bits per heavy atom. The Kier molecular flexibility index (Phi) is 3.72. The summed E-state index contributed by atoms with van der Waals surface area (Å²) in [6, 6.07) is 12.7. The Bertz CT molecular complexity index is 420. The molecule has 0 saturated carbocycles. The second-order valence-electron chi connectivity index (χ2n) is 4.00. The molecule has 0 spiro atoms. The van der Waals surface area contributed by atoms with Crippen LogP contribution in [-0.4, -0.2) is 16.3 Å². The van der Waals surface area contributed by atoms with Crippen LogP contribution < -0.4 is 5.32 Å². The molecule has 0 unspecified atom stereocenters. The summed E-state index contributed by atoms with van der Waals surface area (Å²) in [5.74, 6) is 0. The van der Waals surface area contributed by atoms with Crippen molar-refractivity contribution >= 4 is 0 Å². The summed E-state index contributed by atoms with van der Waals surface area (Å²) in [6.45, 7) is 2.08. The van der Waals surface area contributed by atoms with Crippen LogP contribution in [0.25, 0.3) is 0 Å². The number of hydrogen-bond donors (Lipinski definition) is 1. The maximum atomic E-state index is 4.34. The fourth-order valence-corrected chi connectivity index (χ4v) is 1.74. The van der Waals surface area contributed by atoms with E-state index in [1.807, 2.05) is 17.9 Å². The van der Waals surface area contributed by atoms with Gasteiger partial charge in [0.1, 0.15) is 12.2 Å². The second kappa shape index (κ2) is 5.47. The molecule has 0 saturated heterocycles. The maximum absolute atomic E-state index is 4.34. The molecule has 2 rings (SSSR count). The lowest BCUT2D eigenvalue weighted by atomic mass is 10.1. The minimum absolute atomic E-state index is 0.966. The Labute approximate surface area is 96.1 Å². The summed E-state index contributed by atoms with van der Waals surface area (Å²) >= 11 is 0. The van der Waals surface area contributed by atoms with Crippen molar-refractivity contribution in [3.63, 3.8) is 0 Å².